The molecular weight excluding hydrogens is 444 g/mol. The molecule has 0 aliphatic carbocycles. The molecule has 3 heteroatoms. The van der Waals surface area contributed by atoms with E-state index in [1.165, 1.54) is 64.2 Å². The Hall–Kier alpha value is -2.29. The van der Waals surface area contributed by atoms with E-state index >= 15 is 0 Å². The number of benzene rings is 2. The number of rotatable bonds is 20. The number of esters is 1. The predicted molar refractivity (Wildman–Crippen MR) is 152 cm³/mol. The summed E-state index contributed by atoms with van der Waals surface area (Å²) in [4.78, 5) is 12.0. The van der Waals surface area contributed by atoms with Gasteiger partial charge in [0.15, 0.2) is 0 Å². The summed E-state index contributed by atoms with van der Waals surface area (Å²) < 4.78 is 11.5. The van der Waals surface area contributed by atoms with Gasteiger partial charge < -0.3 is 9.47 Å². The Morgan fingerprint density at radius 1 is 0.639 bits per heavy atom. The average molecular weight is 495 g/mol. The van der Waals surface area contributed by atoms with Crippen LogP contribution in [-0.2, 0) is 9.53 Å². The molecule has 0 spiro atoms. The van der Waals surface area contributed by atoms with E-state index in [-0.39, 0.29) is 12.1 Å². The number of hydrogen-bond acceptors (Lipinski definition) is 3. The fraction of sp³-hybridized carbons (Fsp3) is 0.606. The molecule has 0 radical (unpaired) electrons. The maximum atomic E-state index is 12.0. The van der Waals surface area contributed by atoms with Crippen LogP contribution in [0.2, 0.25) is 0 Å². The number of ether oxygens (including phenoxy) is 2. The Kier molecular flexibility index (Phi) is 15.7. The molecule has 0 heterocycles. The van der Waals surface area contributed by atoms with Crippen LogP contribution in [0.25, 0.3) is 11.1 Å². The molecule has 0 aliphatic rings. The summed E-state index contributed by atoms with van der Waals surface area (Å²) in [5, 5.41) is 0. The van der Waals surface area contributed by atoms with Crippen molar-refractivity contribution in [3.63, 3.8) is 0 Å². The Morgan fingerprint density at radius 2 is 1.11 bits per heavy atom. The highest BCUT2D eigenvalue weighted by atomic mass is 16.5. The Bertz CT molecular complexity index is 810. The number of carbonyl (C=O) groups excluding carboxylic acids is 1. The van der Waals surface area contributed by atoms with Gasteiger partial charge in [-0.05, 0) is 48.6 Å². The van der Waals surface area contributed by atoms with E-state index in [9.17, 15) is 4.79 Å². The lowest BCUT2D eigenvalue weighted by Crippen LogP contribution is -2.08. The van der Waals surface area contributed by atoms with Gasteiger partial charge in [-0.2, -0.15) is 0 Å². The second kappa shape index (κ2) is 18.9. The molecule has 0 aromatic heterocycles. The van der Waals surface area contributed by atoms with Gasteiger partial charge in [0, 0.05) is 6.42 Å². The minimum atomic E-state index is -0.223. The largest absolute Gasteiger partial charge is 0.494 e. The van der Waals surface area contributed by atoms with Crippen LogP contribution >= 0.6 is 0 Å². The minimum Gasteiger partial charge on any atom is -0.494 e. The Balaban J connectivity index is 1.62. The smallest absolute Gasteiger partial charge is 0.306 e. The fourth-order valence-corrected chi connectivity index (χ4v) is 4.49. The van der Waals surface area contributed by atoms with Crippen molar-refractivity contribution in [3.8, 4) is 16.9 Å². The summed E-state index contributed by atoms with van der Waals surface area (Å²) in [5.41, 5.74) is 3.33. The van der Waals surface area contributed by atoms with Crippen molar-refractivity contribution in [2.24, 2.45) is 0 Å². The lowest BCUT2D eigenvalue weighted by atomic mass is 10.0. The van der Waals surface area contributed by atoms with Gasteiger partial charge in [0.1, 0.15) is 11.9 Å². The van der Waals surface area contributed by atoms with Gasteiger partial charge in [0.2, 0.25) is 0 Å². The third kappa shape index (κ3) is 12.6. The quantitative estimate of drug-likeness (QED) is 0.136. The first kappa shape index (κ1) is 29.9. The molecule has 0 amide bonds. The number of hydrogen-bond donors (Lipinski definition) is 0. The molecule has 0 saturated carbocycles. The van der Waals surface area contributed by atoms with Crippen LogP contribution in [-0.4, -0.2) is 12.6 Å². The highest BCUT2D eigenvalue weighted by Crippen LogP contribution is 2.26. The first-order valence-electron chi connectivity index (χ1n) is 14.7. The van der Waals surface area contributed by atoms with Crippen molar-refractivity contribution in [1.29, 1.82) is 0 Å². The zero-order chi connectivity index (χ0) is 25.8. The highest BCUT2D eigenvalue weighted by Gasteiger charge is 2.11. The third-order valence-corrected chi connectivity index (χ3v) is 6.88. The van der Waals surface area contributed by atoms with Crippen LogP contribution in [0.4, 0.5) is 0 Å². The maximum Gasteiger partial charge on any atom is 0.306 e. The monoisotopic (exact) mass is 494 g/mol. The topological polar surface area (TPSA) is 35.5 Å². The molecule has 1 unspecified atom stereocenters. The van der Waals surface area contributed by atoms with Crippen LogP contribution in [0.3, 0.4) is 0 Å². The first-order valence-corrected chi connectivity index (χ1v) is 14.7. The maximum absolute atomic E-state index is 12.0. The van der Waals surface area contributed by atoms with Crippen molar-refractivity contribution < 1.29 is 14.3 Å². The molecular formula is C33H50O3. The van der Waals surface area contributed by atoms with Crippen molar-refractivity contribution in [2.75, 3.05) is 6.61 Å². The van der Waals surface area contributed by atoms with Gasteiger partial charge in [-0.3, -0.25) is 4.79 Å². The minimum absolute atomic E-state index is 0.108. The second-order valence-corrected chi connectivity index (χ2v) is 10.1. The molecule has 2 aromatic rings. The summed E-state index contributed by atoms with van der Waals surface area (Å²) in [7, 11) is 0. The van der Waals surface area contributed by atoms with Crippen molar-refractivity contribution in [1.82, 2.24) is 0 Å². The number of unbranched alkanes of at least 4 members (excludes halogenated alkanes) is 12. The summed E-state index contributed by atoms with van der Waals surface area (Å²) in [5.74, 6) is 0.829. The standard InChI is InChI=1S/C33H50O3/c1-4-6-8-9-10-11-12-13-14-15-17-27-35-32-25-23-31(24-26-32)30-21-19-29(20-22-30)28(3)36-33(34)18-16-7-5-2/h19-26,28H,4-18,27H2,1-3H3. The molecule has 0 aliphatic heterocycles. The van der Waals surface area contributed by atoms with E-state index < -0.39 is 0 Å². The molecule has 3 nitrogen and oxygen atoms in total. The third-order valence-electron chi connectivity index (χ3n) is 6.88. The SMILES string of the molecule is CCCCCCCCCCCCCOc1ccc(-c2ccc(C(C)OC(=O)CCCCC)cc2)cc1. The molecule has 0 bridgehead atoms. The normalized spacial score (nSPS) is 11.9. The molecule has 2 aromatic carbocycles. The summed E-state index contributed by atoms with van der Waals surface area (Å²) >= 11 is 0. The molecule has 36 heavy (non-hydrogen) atoms. The van der Waals surface area contributed by atoms with Gasteiger partial charge in [0.05, 0.1) is 6.61 Å². The first-order chi connectivity index (χ1) is 17.6. The van der Waals surface area contributed by atoms with E-state index in [0.717, 1.165) is 54.7 Å². The molecule has 2 rings (SSSR count). The summed E-state index contributed by atoms with van der Waals surface area (Å²) in [6.45, 7) is 7.14. The van der Waals surface area contributed by atoms with Gasteiger partial charge in [-0.15, -0.1) is 0 Å². The molecule has 200 valence electrons. The van der Waals surface area contributed by atoms with E-state index in [2.05, 4.69) is 62.4 Å². The second-order valence-electron chi connectivity index (χ2n) is 10.1. The number of carbonyl (C=O) groups is 1. The van der Waals surface area contributed by atoms with Crippen molar-refractivity contribution in [2.45, 2.75) is 123 Å². The lowest BCUT2D eigenvalue weighted by Gasteiger charge is -2.14. The van der Waals surface area contributed by atoms with E-state index in [1.807, 2.05) is 6.92 Å². The van der Waals surface area contributed by atoms with Crippen LogP contribution < -0.4 is 4.74 Å². The molecule has 0 saturated heterocycles. The van der Waals surface area contributed by atoms with Crippen molar-refractivity contribution >= 4 is 5.97 Å². The van der Waals surface area contributed by atoms with Crippen LogP contribution in [0.15, 0.2) is 48.5 Å². The van der Waals surface area contributed by atoms with Gasteiger partial charge >= 0.3 is 5.97 Å². The Morgan fingerprint density at radius 3 is 1.67 bits per heavy atom. The van der Waals surface area contributed by atoms with E-state index in [0.29, 0.717) is 6.42 Å². The van der Waals surface area contributed by atoms with Gasteiger partial charge in [-0.25, -0.2) is 0 Å². The predicted octanol–water partition coefficient (Wildman–Crippen LogP) is 10.2. The van der Waals surface area contributed by atoms with Gasteiger partial charge in [0.25, 0.3) is 0 Å². The zero-order valence-corrected chi connectivity index (χ0v) is 23.2. The van der Waals surface area contributed by atoms with Crippen molar-refractivity contribution in [3.05, 3.63) is 54.1 Å². The van der Waals surface area contributed by atoms with Gasteiger partial charge in [-0.1, -0.05) is 127 Å². The zero-order valence-electron chi connectivity index (χ0n) is 23.2. The fourth-order valence-electron chi connectivity index (χ4n) is 4.49. The van der Waals surface area contributed by atoms with E-state index in [1.54, 1.807) is 0 Å². The Labute approximate surface area is 221 Å². The van der Waals surface area contributed by atoms with Crippen LogP contribution in [0, 0.1) is 0 Å². The average Bonchev–Trinajstić information content (AvgIpc) is 2.90. The van der Waals surface area contributed by atoms with Crippen LogP contribution in [0.5, 0.6) is 5.75 Å². The summed E-state index contributed by atoms with van der Waals surface area (Å²) in [6, 6.07) is 16.6. The van der Waals surface area contributed by atoms with Crippen LogP contribution in [0.1, 0.15) is 129 Å². The molecule has 0 N–H and O–H groups in total. The molecule has 1 atom stereocenters. The van der Waals surface area contributed by atoms with E-state index in [4.69, 9.17) is 9.47 Å². The molecule has 0 fully saturated rings. The summed E-state index contributed by atoms with van der Waals surface area (Å²) in [6.07, 6.45) is 18.2. The lowest BCUT2D eigenvalue weighted by molar-refractivity contribution is -0.148. The highest BCUT2D eigenvalue weighted by molar-refractivity contribution is 5.69.